The molecule has 7 rings (SSSR count). The maximum absolute atomic E-state index is 14.5. The van der Waals surface area contributed by atoms with Gasteiger partial charge in [0.2, 0.25) is 5.95 Å². The smallest absolute Gasteiger partial charge is 0.319 e. The normalized spacial score (nSPS) is 19.6. The predicted molar refractivity (Wildman–Crippen MR) is 149 cm³/mol. The number of nitrogens with zero attached hydrogens (tertiary/aromatic N) is 7. The molecule has 5 heterocycles. The van der Waals surface area contributed by atoms with Crippen LogP contribution in [0.4, 0.5) is 10.2 Å². The first kappa shape index (κ1) is 24.0. The Balaban J connectivity index is 1.34. The van der Waals surface area contributed by atoms with Crippen molar-refractivity contribution in [2.45, 2.75) is 44.9 Å². The Kier molecular flexibility index (Phi) is 5.88. The van der Waals surface area contributed by atoms with Gasteiger partial charge >= 0.3 is 6.01 Å². The summed E-state index contributed by atoms with van der Waals surface area (Å²) in [5.41, 5.74) is 4.36. The molecular formula is C30H30FN7O. The Bertz CT molecular complexity index is 1680. The Hall–Kier alpha value is -4.11. The maximum atomic E-state index is 14.5. The Labute approximate surface area is 226 Å². The third-order valence-corrected chi connectivity index (χ3v) is 8.16. The summed E-state index contributed by atoms with van der Waals surface area (Å²) in [7, 11) is 2.13. The minimum Gasteiger partial charge on any atom is -0.462 e. The molecule has 0 bridgehead atoms. The molecule has 39 heavy (non-hydrogen) atoms. The molecule has 9 heteroatoms. The number of ether oxygens (including phenoxy) is 1. The van der Waals surface area contributed by atoms with Crippen LogP contribution in [-0.4, -0.2) is 61.7 Å². The van der Waals surface area contributed by atoms with Gasteiger partial charge in [-0.25, -0.2) is 4.98 Å². The second-order valence-electron chi connectivity index (χ2n) is 10.6. The van der Waals surface area contributed by atoms with Crippen molar-refractivity contribution in [2.24, 2.45) is 0 Å². The number of imidazole rings is 1. The lowest BCUT2D eigenvalue weighted by Crippen LogP contribution is -2.41. The monoisotopic (exact) mass is 523 g/mol. The van der Waals surface area contributed by atoms with E-state index in [1.54, 1.807) is 6.33 Å². The topological polar surface area (TPSA) is 72.2 Å². The van der Waals surface area contributed by atoms with Crippen molar-refractivity contribution in [3.8, 4) is 17.1 Å². The second-order valence-corrected chi connectivity index (χ2v) is 10.6. The zero-order valence-electron chi connectivity index (χ0n) is 22.1. The number of para-hydroxylation sites is 1. The number of benzene rings is 2. The van der Waals surface area contributed by atoms with Crippen LogP contribution in [0.15, 0.2) is 61.1 Å². The zero-order valence-corrected chi connectivity index (χ0v) is 22.1. The van der Waals surface area contributed by atoms with E-state index in [4.69, 9.17) is 14.7 Å². The lowest BCUT2D eigenvalue weighted by molar-refractivity contribution is 0.188. The summed E-state index contributed by atoms with van der Waals surface area (Å²) in [6.45, 7) is 4.73. The number of halogens is 1. The maximum Gasteiger partial charge on any atom is 0.319 e. The number of fused-ring (bicyclic) bond motifs is 3. The van der Waals surface area contributed by atoms with E-state index in [1.165, 1.54) is 6.42 Å². The lowest BCUT2D eigenvalue weighted by Gasteiger charge is -2.35. The van der Waals surface area contributed by atoms with E-state index in [1.807, 2.05) is 16.8 Å². The predicted octanol–water partition coefficient (Wildman–Crippen LogP) is 5.06. The summed E-state index contributed by atoms with van der Waals surface area (Å²) >= 11 is 0. The molecular weight excluding hydrogens is 493 g/mol. The number of hydrogen-bond donors (Lipinski definition) is 0. The van der Waals surface area contributed by atoms with Crippen LogP contribution < -0.4 is 9.64 Å². The van der Waals surface area contributed by atoms with Gasteiger partial charge in [-0.2, -0.15) is 14.4 Å². The van der Waals surface area contributed by atoms with Crippen LogP contribution in [0.25, 0.3) is 32.9 Å². The van der Waals surface area contributed by atoms with E-state index < -0.39 is 5.95 Å². The molecule has 0 aliphatic carbocycles. The minimum atomic E-state index is -0.434. The van der Waals surface area contributed by atoms with Gasteiger partial charge in [-0.1, -0.05) is 30.3 Å². The van der Waals surface area contributed by atoms with E-state index in [-0.39, 0.29) is 6.04 Å². The van der Waals surface area contributed by atoms with Crippen molar-refractivity contribution in [1.82, 2.24) is 29.4 Å². The summed E-state index contributed by atoms with van der Waals surface area (Å²) in [6, 6.07) is 17.2. The van der Waals surface area contributed by atoms with Crippen LogP contribution in [0.5, 0.6) is 6.01 Å². The molecule has 0 N–H and O–H groups in total. The second kappa shape index (κ2) is 9.57. The zero-order chi connectivity index (χ0) is 26.5. The number of rotatable bonds is 5. The molecule has 2 aliphatic heterocycles. The molecule has 0 radical (unpaired) electrons. The summed E-state index contributed by atoms with van der Waals surface area (Å²) in [6.07, 6.45) is 5.66. The van der Waals surface area contributed by atoms with E-state index in [0.29, 0.717) is 37.4 Å². The van der Waals surface area contributed by atoms with Gasteiger partial charge in [0, 0.05) is 41.2 Å². The first-order valence-corrected chi connectivity index (χ1v) is 13.5. The van der Waals surface area contributed by atoms with Gasteiger partial charge in [-0.3, -0.25) is 4.98 Å². The van der Waals surface area contributed by atoms with E-state index >= 15 is 0 Å². The average molecular weight is 524 g/mol. The fourth-order valence-corrected chi connectivity index (χ4v) is 5.92. The van der Waals surface area contributed by atoms with Crippen LogP contribution in [0.2, 0.25) is 0 Å². The summed E-state index contributed by atoms with van der Waals surface area (Å²) in [5.74, 6) is 0.313. The van der Waals surface area contributed by atoms with Crippen molar-refractivity contribution in [1.29, 1.82) is 0 Å². The molecule has 198 valence electrons. The Morgan fingerprint density at radius 1 is 1.08 bits per heavy atom. The van der Waals surface area contributed by atoms with Gasteiger partial charge in [-0.15, -0.1) is 0 Å². The molecule has 0 saturated carbocycles. The van der Waals surface area contributed by atoms with Gasteiger partial charge in [0.1, 0.15) is 12.4 Å². The number of likely N-dealkylation sites (tertiary alicyclic amines) is 1. The van der Waals surface area contributed by atoms with Crippen LogP contribution in [-0.2, 0) is 13.1 Å². The van der Waals surface area contributed by atoms with Gasteiger partial charge in [-0.05, 0) is 57.1 Å². The van der Waals surface area contributed by atoms with Crippen LogP contribution in [0.1, 0.15) is 25.5 Å². The van der Waals surface area contributed by atoms with Crippen LogP contribution in [0, 0.1) is 5.95 Å². The van der Waals surface area contributed by atoms with Gasteiger partial charge in [0.15, 0.2) is 0 Å². The Morgan fingerprint density at radius 3 is 2.85 bits per heavy atom. The summed E-state index contributed by atoms with van der Waals surface area (Å²) in [4.78, 5) is 22.8. The highest BCUT2D eigenvalue weighted by Crippen LogP contribution is 2.35. The summed E-state index contributed by atoms with van der Waals surface area (Å²) < 4.78 is 22.6. The molecule has 2 aliphatic rings. The molecule has 2 aromatic carbocycles. The van der Waals surface area contributed by atoms with Gasteiger partial charge in [0.25, 0.3) is 0 Å². The minimum absolute atomic E-state index is 0.0833. The number of anilines is 1. The molecule has 2 atom stereocenters. The van der Waals surface area contributed by atoms with E-state index in [2.05, 4.69) is 76.2 Å². The third-order valence-electron chi connectivity index (χ3n) is 8.16. The van der Waals surface area contributed by atoms with Crippen LogP contribution in [0.3, 0.4) is 0 Å². The van der Waals surface area contributed by atoms with Crippen molar-refractivity contribution in [3.05, 3.63) is 72.7 Å². The fraction of sp³-hybridized carbons (Fsp3) is 0.333. The summed E-state index contributed by atoms with van der Waals surface area (Å²) in [5, 5.41) is 1.99. The molecule has 0 unspecified atom stereocenters. The highest BCUT2D eigenvalue weighted by Gasteiger charge is 2.29. The first-order valence-electron chi connectivity index (χ1n) is 13.5. The van der Waals surface area contributed by atoms with Gasteiger partial charge < -0.3 is 19.1 Å². The van der Waals surface area contributed by atoms with Crippen molar-refractivity contribution in [2.75, 3.05) is 25.1 Å². The number of likely N-dealkylation sites (N-methyl/N-ethyl adjacent to an activating group) is 1. The standard InChI is InChI=1S/C30H30FN7O/c1-19-15-37-18-33-28(31)26(37)16-38(19)29-24-11-10-21(23-9-3-6-20-7-4-12-32-27(20)23)14-25(24)34-30(35-29)39-17-22-8-5-13-36(22)2/h3-4,6-7,9-12,14,18-19,22H,5,8,13,15-17H2,1-2H3/t19-,22-/m1/s1. The molecule has 0 amide bonds. The molecule has 5 aromatic rings. The third kappa shape index (κ3) is 4.27. The van der Waals surface area contributed by atoms with Crippen molar-refractivity contribution < 1.29 is 9.13 Å². The largest absolute Gasteiger partial charge is 0.462 e. The number of hydrogen-bond acceptors (Lipinski definition) is 7. The highest BCUT2D eigenvalue weighted by molar-refractivity contribution is 5.98. The SMILES string of the molecule is C[C@@H]1Cn2cnc(F)c2CN1c1nc(OC[C@H]2CCCN2C)nc2cc(-c3cccc4cccnc34)ccc12. The number of pyridine rings is 1. The average Bonchev–Trinajstić information content (AvgIpc) is 3.54. The molecule has 1 fully saturated rings. The number of aromatic nitrogens is 5. The first-order chi connectivity index (χ1) is 19.0. The molecule has 0 spiro atoms. The lowest BCUT2D eigenvalue weighted by atomic mass is 10.0. The molecule has 8 nitrogen and oxygen atoms in total. The Morgan fingerprint density at radius 2 is 1.97 bits per heavy atom. The molecule has 3 aromatic heterocycles. The van der Waals surface area contributed by atoms with Crippen molar-refractivity contribution in [3.63, 3.8) is 0 Å². The van der Waals surface area contributed by atoms with Gasteiger partial charge in [0.05, 0.1) is 29.6 Å². The fourth-order valence-electron chi connectivity index (χ4n) is 5.92. The van der Waals surface area contributed by atoms with Crippen LogP contribution >= 0.6 is 0 Å². The van der Waals surface area contributed by atoms with E-state index in [9.17, 15) is 4.39 Å². The quantitative estimate of drug-likeness (QED) is 0.319. The molecule has 1 saturated heterocycles. The highest BCUT2D eigenvalue weighted by atomic mass is 19.1. The van der Waals surface area contributed by atoms with Crippen molar-refractivity contribution >= 4 is 27.6 Å². The van der Waals surface area contributed by atoms with E-state index in [0.717, 1.165) is 51.7 Å².